The summed E-state index contributed by atoms with van der Waals surface area (Å²) in [7, 11) is 0. The topological polar surface area (TPSA) is 49.9 Å². The lowest BCUT2D eigenvalue weighted by molar-refractivity contribution is -0.139. The lowest BCUT2D eigenvalue weighted by Gasteiger charge is -2.39. The Hall–Kier alpha value is -1.86. The van der Waals surface area contributed by atoms with Crippen molar-refractivity contribution in [3.63, 3.8) is 0 Å². The van der Waals surface area contributed by atoms with Gasteiger partial charge in [-0.15, -0.1) is 22.7 Å². The zero-order valence-corrected chi connectivity index (χ0v) is 17.1. The summed E-state index contributed by atoms with van der Waals surface area (Å²) < 4.78 is 5.08. The number of fused-ring (bicyclic) bond motifs is 1. The van der Waals surface area contributed by atoms with E-state index in [0.29, 0.717) is 32.5 Å². The number of thiophene rings is 2. The first kappa shape index (κ1) is 18.5. The monoisotopic (exact) mass is 404 g/mol. The van der Waals surface area contributed by atoms with E-state index in [1.165, 1.54) is 15.3 Å². The van der Waals surface area contributed by atoms with Crippen LogP contribution in [0.3, 0.4) is 0 Å². The van der Waals surface area contributed by atoms with Crippen molar-refractivity contribution < 1.29 is 14.3 Å². The lowest BCUT2D eigenvalue weighted by Crippen LogP contribution is -2.47. The summed E-state index contributed by atoms with van der Waals surface area (Å²) in [6.07, 6.45) is 2.09. The van der Waals surface area contributed by atoms with Crippen molar-refractivity contribution in [1.29, 1.82) is 0 Å². The van der Waals surface area contributed by atoms with Gasteiger partial charge in [0.25, 0.3) is 0 Å². The minimum atomic E-state index is -0.263. The quantitative estimate of drug-likeness (QED) is 0.772. The molecule has 1 fully saturated rings. The second-order valence-electron chi connectivity index (χ2n) is 6.96. The summed E-state index contributed by atoms with van der Waals surface area (Å²) in [4.78, 5) is 31.7. The van der Waals surface area contributed by atoms with Gasteiger partial charge in [0, 0.05) is 35.3 Å². The largest absolute Gasteiger partial charge is 0.450 e. The molecule has 27 heavy (non-hydrogen) atoms. The highest BCUT2D eigenvalue weighted by Gasteiger charge is 2.37. The zero-order chi connectivity index (χ0) is 18.8. The number of rotatable bonds is 3. The van der Waals surface area contributed by atoms with E-state index >= 15 is 0 Å². The molecule has 2 aliphatic rings. The molecule has 0 N–H and O–H groups in total. The molecule has 5 nitrogen and oxygen atoms in total. The maximum atomic E-state index is 13.4. The Labute approximate surface area is 167 Å². The van der Waals surface area contributed by atoms with E-state index < -0.39 is 0 Å². The lowest BCUT2D eigenvalue weighted by atomic mass is 9.91. The molecule has 0 aromatic carbocycles. The zero-order valence-electron chi connectivity index (χ0n) is 15.4. The summed E-state index contributed by atoms with van der Waals surface area (Å²) in [5, 5.41) is 4.22. The van der Waals surface area contributed by atoms with Crippen LogP contribution in [0.1, 0.15) is 41.1 Å². The highest BCUT2D eigenvalue weighted by Crippen LogP contribution is 2.40. The van der Waals surface area contributed by atoms with Crippen LogP contribution in [0.2, 0.25) is 0 Å². The molecule has 144 valence electrons. The van der Waals surface area contributed by atoms with E-state index in [1.54, 1.807) is 27.6 Å². The maximum absolute atomic E-state index is 13.4. The molecular formula is C20H24N2O3S2. The van der Waals surface area contributed by atoms with Crippen molar-refractivity contribution in [1.82, 2.24) is 9.80 Å². The van der Waals surface area contributed by atoms with E-state index in [-0.39, 0.29) is 24.0 Å². The number of amides is 2. The molecule has 0 radical (unpaired) electrons. The second-order valence-corrected chi connectivity index (χ2v) is 8.94. The summed E-state index contributed by atoms with van der Waals surface area (Å²) in [5.41, 5.74) is 1.28. The van der Waals surface area contributed by atoms with Crippen molar-refractivity contribution in [2.45, 2.75) is 32.2 Å². The van der Waals surface area contributed by atoms with Gasteiger partial charge in [0.15, 0.2) is 0 Å². The van der Waals surface area contributed by atoms with Gasteiger partial charge < -0.3 is 14.5 Å². The number of carbonyl (C=O) groups is 2. The molecule has 2 aromatic rings. The highest BCUT2D eigenvalue weighted by atomic mass is 32.1. The van der Waals surface area contributed by atoms with Crippen LogP contribution >= 0.6 is 22.7 Å². The first-order chi connectivity index (χ1) is 13.2. The molecule has 1 atom stereocenters. The smallest absolute Gasteiger partial charge is 0.409 e. The van der Waals surface area contributed by atoms with E-state index in [1.807, 2.05) is 6.92 Å². The predicted molar refractivity (Wildman–Crippen MR) is 107 cm³/mol. The fourth-order valence-corrected chi connectivity index (χ4v) is 5.82. The minimum Gasteiger partial charge on any atom is -0.450 e. The minimum absolute atomic E-state index is 0.0154. The van der Waals surface area contributed by atoms with Gasteiger partial charge in [0.1, 0.15) is 0 Å². The standard InChI is InChI=1S/C20H24N2O3S2/c1-2-25-20(24)21-9-5-14(6-10-21)19(23)22-11-7-16-15(8-13-27-16)18(22)17-4-3-12-26-17/h3-4,8,12-14,18H,2,5-7,9-11H2,1H3. The molecule has 2 aromatic heterocycles. The third-order valence-corrected chi connectivity index (χ3v) is 7.35. The molecule has 2 aliphatic heterocycles. The number of piperidine rings is 1. The molecule has 4 rings (SSSR count). The Morgan fingerprint density at radius 3 is 2.67 bits per heavy atom. The van der Waals surface area contributed by atoms with Crippen molar-refractivity contribution in [2.24, 2.45) is 5.92 Å². The van der Waals surface area contributed by atoms with Crippen molar-refractivity contribution >= 4 is 34.7 Å². The molecule has 0 aliphatic carbocycles. The summed E-state index contributed by atoms with van der Waals surface area (Å²) in [5.74, 6) is 0.215. The second kappa shape index (κ2) is 8.02. The first-order valence-corrected chi connectivity index (χ1v) is 11.3. The van der Waals surface area contributed by atoms with Gasteiger partial charge >= 0.3 is 6.09 Å². The van der Waals surface area contributed by atoms with Crippen LogP contribution in [0, 0.1) is 5.92 Å². The van der Waals surface area contributed by atoms with Crippen molar-refractivity contribution in [3.05, 3.63) is 44.3 Å². The average Bonchev–Trinajstić information content (AvgIpc) is 3.38. The number of hydrogen-bond acceptors (Lipinski definition) is 5. The first-order valence-electron chi connectivity index (χ1n) is 9.51. The molecule has 0 spiro atoms. The fraction of sp³-hybridized carbons (Fsp3) is 0.500. The van der Waals surface area contributed by atoms with Gasteiger partial charge in [0.05, 0.1) is 12.6 Å². The third kappa shape index (κ3) is 3.62. The normalized spacial score (nSPS) is 20.4. The van der Waals surface area contributed by atoms with Crippen LogP contribution in [-0.4, -0.2) is 48.0 Å². The van der Waals surface area contributed by atoms with Gasteiger partial charge in [-0.2, -0.15) is 0 Å². The molecular weight excluding hydrogens is 380 g/mol. The van der Waals surface area contributed by atoms with Crippen LogP contribution < -0.4 is 0 Å². The van der Waals surface area contributed by atoms with Crippen LogP contribution in [0.15, 0.2) is 29.0 Å². The maximum Gasteiger partial charge on any atom is 0.409 e. The molecule has 7 heteroatoms. The van der Waals surface area contributed by atoms with Crippen LogP contribution in [-0.2, 0) is 16.0 Å². The SMILES string of the molecule is CCOC(=O)N1CCC(C(=O)N2CCc3sccc3C2c2cccs2)CC1. The van der Waals surface area contributed by atoms with Gasteiger partial charge in [-0.3, -0.25) is 4.79 Å². The van der Waals surface area contributed by atoms with Gasteiger partial charge in [-0.25, -0.2) is 4.79 Å². The molecule has 0 saturated carbocycles. The molecule has 2 amide bonds. The number of ether oxygens (including phenoxy) is 1. The Bertz CT molecular complexity index is 794. The molecule has 1 unspecified atom stereocenters. The molecule has 1 saturated heterocycles. The third-order valence-electron chi connectivity index (χ3n) is 5.43. The van der Waals surface area contributed by atoms with Crippen molar-refractivity contribution in [2.75, 3.05) is 26.2 Å². The Kier molecular flexibility index (Phi) is 5.50. The van der Waals surface area contributed by atoms with Crippen molar-refractivity contribution in [3.8, 4) is 0 Å². The van der Waals surface area contributed by atoms with E-state index in [9.17, 15) is 9.59 Å². The van der Waals surface area contributed by atoms with Gasteiger partial charge in [0.2, 0.25) is 5.91 Å². The summed E-state index contributed by atoms with van der Waals surface area (Å²) >= 11 is 3.51. The average molecular weight is 405 g/mol. The number of carbonyl (C=O) groups excluding carboxylic acids is 2. The Morgan fingerprint density at radius 1 is 1.15 bits per heavy atom. The van der Waals surface area contributed by atoms with Gasteiger partial charge in [-0.05, 0) is 54.6 Å². The molecule has 0 bridgehead atoms. The van der Waals surface area contributed by atoms with E-state index in [4.69, 9.17) is 4.74 Å². The Balaban J connectivity index is 1.49. The molecule has 4 heterocycles. The van der Waals surface area contributed by atoms with Crippen LogP contribution in [0.25, 0.3) is 0 Å². The van der Waals surface area contributed by atoms with E-state index in [2.05, 4.69) is 33.9 Å². The fourth-order valence-electron chi connectivity index (χ4n) is 4.07. The summed E-state index contributed by atoms with van der Waals surface area (Å²) in [6.45, 7) is 4.16. The van der Waals surface area contributed by atoms with Crippen LogP contribution in [0.5, 0.6) is 0 Å². The van der Waals surface area contributed by atoms with Crippen LogP contribution in [0.4, 0.5) is 4.79 Å². The van der Waals surface area contributed by atoms with Gasteiger partial charge in [-0.1, -0.05) is 6.07 Å². The number of likely N-dealkylation sites (tertiary alicyclic amines) is 1. The predicted octanol–water partition coefficient (Wildman–Crippen LogP) is 4.15. The Morgan fingerprint density at radius 2 is 1.96 bits per heavy atom. The number of hydrogen-bond donors (Lipinski definition) is 0. The summed E-state index contributed by atoms with van der Waals surface area (Å²) in [6, 6.07) is 6.40. The highest BCUT2D eigenvalue weighted by molar-refractivity contribution is 7.10. The van der Waals surface area contributed by atoms with E-state index in [0.717, 1.165) is 13.0 Å². The number of nitrogens with zero attached hydrogens (tertiary/aromatic N) is 2.